The molecule has 1 aliphatic rings. The molecule has 0 aromatic carbocycles. The predicted molar refractivity (Wildman–Crippen MR) is 69.6 cm³/mol. The fourth-order valence-electron chi connectivity index (χ4n) is 3.01. The van der Waals surface area contributed by atoms with E-state index in [0.29, 0.717) is 12.1 Å². The molecule has 0 aromatic rings. The molecule has 0 radical (unpaired) electrons. The highest BCUT2D eigenvalue weighted by molar-refractivity contribution is 4.94. The monoisotopic (exact) mass is 227 g/mol. The van der Waals surface area contributed by atoms with Gasteiger partial charge in [-0.1, -0.05) is 27.2 Å². The molecule has 16 heavy (non-hydrogen) atoms. The third kappa shape index (κ3) is 2.98. The minimum Gasteiger partial charge on any atom is -0.391 e. The van der Waals surface area contributed by atoms with E-state index in [1.165, 1.54) is 12.8 Å². The van der Waals surface area contributed by atoms with Gasteiger partial charge in [0.2, 0.25) is 0 Å². The van der Waals surface area contributed by atoms with Crippen molar-refractivity contribution in [3.63, 3.8) is 0 Å². The van der Waals surface area contributed by atoms with Crippen LogP contribution in [0.5, 0.6) is 0 Å². The molecule has 0 bridgehead atoms. The Morgan fingerprint density at radius 3 is 2.50 bits per heavy atom. The fourth-order valence-corrected chi connectivity index (χ4v) is 3.01. The standard InChI is InChI=1S/C14H29NO/c1-6-10-15(11(2)3)12-8-7-9-14(4,5)13(12)16/h11-13,16H,6-10H2,1-5H3. The van der Waals surface area contributed by atoms with Crippen molar-refractivity contribution in [2.24, 2.45) is 5.41 Å². The van der Waals surface area contributed by atoms with E-state index >= 15 is 0 Å². The number of hydrogen-bond donors (Lipinski definition) is 1. The molecular weight excluding hydrogens is 198 g/mol. The first kappa shape index (κ1) is 14.0. The number of aliphatic hydroxyl groups excluding tert-OH is 1. The fraction of sp³-hybridized carbons (Fsp3) is 1.00. The highest BCUT2D eigenvalue weighted by atomic mass is 16.3. The molecule has 1 aliphatic carbocycles. The summed E-state index contributed by atoms with van der Waals surface area (Å²) in [4.78, 5) is 2.49. The van der Waals surface area contributed by atoms with Crippen LogP contribution in [0.25, 0.3) is 0 Å². The van der Waals surface area contributed by atoms with E-state index in [-0.39, 0.29) is 11.5 Å². The summed E-state index contributed by atoms with van der Waals surface area (Å²) >= 11 is 0. The van der Waals surface area contributed by atoms with Crippen LogP contribution < -0.4 is 0 Å². The molecule has 0 aromatic heterocycles. The SMILES string of the molecule is CCCN(C(C)C)C1CCCC(C)(C)C1O. The van der Waals surface area contributed by atoms with Crippen molar-refractivity contribution in [2.75, 3.05) is 6.54 Å². The molecular formula is C14H29NO. The average Bonchev–Trinajstić information content (AvgIpc) is 2.19. The second-order valence-corrected chi connectivity index (χ2v) is 6.22. The lowest BCUT2D eigenvalue weighted by Crippen LogP contribution is -2.54. The molecule has 2 heteroatoms. The van der Waals surface area contributed by atoms with Gasteiger partial charge in [-0.05, 0) is 45.1 Å². The molecule has 0 amide bonds. The van der Waals surface area contributed by atoms with Crippen molar-refractivity contribution in [3.8, 4) is 0 Å². The number of hydrogen-bond acceptors (Lipinski definition) is 2. The zero-order chi connectivity index (χ0) is 12.3. The zero-order valence-corrected chi connectivity index (χ0v) is 11.7. The first-order valence-electron chi connectivity index (χ1n) is 6.84. The van der Waals surface area contributed by atoms with E-state index in [0.717, 1.165) is 19.4 Å². The van der Waals surface area contributed by atoms with Crippen molar-refractivity contribution >= 4 is 0 Å². The Kier molecular flexibility index (Phi) is 4.81. The minimum atomic E-state index is -0.171. The van der Waals surface area contributed by atoms with Crippen LogP contribution in [0.2, 0.25) is 0 Å². The summed E-state index contributed by atoms with van der Waals surface area (Å²) in [7, 11) is 0. The Hall–Kier alpha value is -0.0800. The summed E-state index contributed by atoms with van der Waals surface area (Å²) in [5.41, 5.74) is 0.0871. The quantitative estimate of drug-likeness (QED) is 0.798. The van der Waals surface area contributed by atoms with Gasteiger partial charge in [-0.25, -0.2) is 0 Å². The second kappa shape index (κ2) is 5.50. The third-order valence-corrected chi connectivity index (χ3v) is 4.06. The second-order valence-electron chi connectivity index (χ2n) is 6.22. The van der Waals surface area contributed by atoms with Gasteiger partial charge in [0.25, 0.3) is 0 Å². The first-order chi connectivity index (χ1) is 7.40. The van der Waals surface area contributed by atoms with Gasteiger partial charge in [-0.2, -0.15) is 0 Å². The van der Waals surface area contributed by atoms with Crippen LogP contribution in [0.3, 0.4) is 0 Å². The summed E-state index contributed by atoms with van der Waals surface area (Å²) in [6, 6.07) is 0.900. The normalized spacial score (nSPS) is 30.0. The molecule has 0 aliphatic heterocycles. The molecule has 1 fully saturated rings. The summed E-state index contributed by atoms with van der Waals surface area (Å²) in [6.45, 7) is 12.2. The van der Waals surface area contributed by atoms with Crippen LogP contribution in [0.1, 0.15) is 60.3 Å². The average molecular weight is 227 g/mol. The van der Waals surface area contributed by atoms with Crippen LogP contribution in [0.4, 0.5) is 0 Å². The van der Waals surface area contributed by atoms with Crippen molar-refractivity contribution in [2.45, 2.75) is 78.5 Å². The maximum atomic E-state index is 10.5. The van der Waals surface area contributed by atoms with Crippen molar-refractivity contribution < 1.29 is 5.11 Å². The molecule has 0 spiro atoms. The summed E-state index contributed by atoms with van der Waals surface area (Å²) in [6.07, 6.45) is 4.56. The lowest BCUT2D eigenvalue weighted by Gasteiger charge is -2.47. The maximum absolute atomic E-state index is 10.5. The first-order valence-corrected chi connectivity index (χ1v) is 6.84. The van der Waals surface area contributed by atoms with Gasteiger partial charge in [0.1, 0.15) is 0 Å². The Bertz CT molecular complexity index is 213. The Labute approximate surface area is 101 Å². The van der Waals surface area contributed by atoms with Gasteiger partial charge in [0.05, 0.1) is 6.10 Å². The predicted octanol–water partition coefficient (Wildman–Crippen LogP) is 3.05. The number of rotatable bonds is 4. The largest absolute Gasteiger partial charge is 0.391 e. The summed E-state index contributed by atoms with van der Waals surface area (Å²) in [5, 5.41) is 10.5. The molecule has 0 saturated heterocycles. The van der Waals surface area contributed by atoms with Crippen LogP contribution in [0.15, 0.2) is 0 Å². The third-order valence-electron chi connectivity index (χ3n) is 4.06. The van der Waals surface area contributed by atoms with Crippen molar-refractivity contribution in [1.29, 1.82) is 0 Å². The molecule has 1 N–H and O–H groups in total. The van der Waals surface area contributed by atoms with Gasteiger partial charge in [0.15, 0.2) is 0 Å². The molecule has 1 rings (SSSR count). The van der Waals surface area contributed by atoms with Crippen LogP contribution in [-0.4, -0.2) is 34.7 Å². The van der Waals surface area contributed by atoms with E-state index in [2.05, 4.69) is 39.5 Å². The smallest absolute Gasteiger partial charge is 0.0746 e. The lowest BCUT2D eigenvalue weighted by atomic mass is 9.72. The van der Waals surface area contributed by atoms with E-state index in [9.17, 15) is 5.11 Å². The van der Waals surface area contributed by atoms with Gasteiger partial charge < -0.3 is 5.11 Å². The maximum Gasteiger partial charge on any atom is 0.0746 e. The van der Waals surface area contributed by atoms with Crippen LogP contribution in [-0.2, 0) is 0 Å². The van der Waals surface area contributed by atoms with Crippen LogP contribution >= 0.6 is 0 Å². The molecule has 96 valence electrons. The summed E-state index contributed by atoms with van der Waals surface area (Å²) in [5.74, 6) is 0. The van der Waals surface area contributed by atoms with Gasteiger partial charge in [0, 0.05) is 12.1 Å². The van der Waals surface area contributed by atoms with E-state index < -0.39 is 0 Å². The molecule has 2 atom stereocenters. The molecule has 1 saturated carbocycles. The minimum absolute atomic E-state index is 0.0871. The van der Waals surface area contributed by atoms with Crippen molar-refractivity contribution in [1.82, 2.24) is 4.90 Å². The van der Waals surface area contributed by atoms with Crippen LogP contribution in [0, 0.1) is 5.41 Å². The topological polar surface area (TPSA) is 23.5 Å². The number of nitrogens with zero attached hydrogens (tertiary/aromatic N) is 1. The van der Waals surface area contributed by atoms with Gasteiger partial charge in [-0.3, -0.25) is 4.90 Å². The Balaban J connectivity index is 2.75. The highest BCUT2D eigenvalue weighted by Crippen LogP contribution is 2.38. The van der Waals surface area contributed by atoms with Gasteiger partial charge in [-0.15, -0.1) is 0 Å². The highest BCUT2D eigenvalue weighted by Gasteiger charge is 2.40. The van der Waals surface area contributed by atoms with E-state index in [4.69, 9.17) is 0 Å². The summed E-state index contributed by atoms with van der Waals surface area (Å²) < 4.78 is 0. The van der Waals surface area contributed by atoms with E-state index in [1.807, 2.05) is 0 Å². The van der Waals surface area contributed by atoms with E-state index in [1.54, 1.807) is 0 Å². The van der Waals surface area contributed by atoms with Crippen molar-refractivity contribution in [3.05, 3.63) is 0 Å². The molecule has 0 heterocycles. The molecule has 2 unspecified atom stereocenters. The molecule has 2 nitrogen and oxygen atoms in total. The zero-order valence-electron chi connectivity index (χ0n) is 11.7. The van der Waals surface area contributed by atoms with Gasteiger partial charge >= 0.3 is 0 Å². The Morgan fingerprint density at radius 1 is 1.38 bits per heavy atom. The number of aliphatic hydroxyl groups is 1. The lowest BCUT2D eigenvalue weighted by molar-refractivity contribution is -0.0656. The Morgan fingerprint density at radius 2 is 2.00 bits per heavy atom.